The van der Waals surface area contributed by atoms with Crippen LogP contribution in [0.25, 0.3) is 0 Å². The third-order valence-electron chi connectivity index (χ3n) is 3.11. The number of carbonyl (C=O) groups excluding carboxylic acids is 1. The third kappa shape index (κ3) is 4.80. The molecule has 1 fully saturated rings. The van der Waals surface area contributed by atoms with Crippen LogP contribution in [0.2, 0.25) is 0 Å². The lowest BCUT2D eigenvalue weighted by atomic mass is 10.0. The van der Waals surface area contributed by atoms with Crippen molar-refractivity contribution in [2.45, 2.75) is 37.4 Å². The van der Waals surface area contributed by atoms with Gasteiger partial charge in [-0.2, -0.15) is 0 Å². The lowest BCUT2D eigenvalue weighted by Crippen LogP contribution is -2.17. The second kappa shape index (κ2) is 7.38. The summed E-state index contributed by atoms with van der Waals surface area (Å²) in [4.78, 5) is 11.8. The molecule has 2 nitrogen and oxygen atoms in total. The Morgan fingerprint density at radius 2 is 2.11 bits per heavy atom. The fourth-order valence-corrected chi connectivity index (χ4v) is 3.86. The summed E-state index contributed by atoms with van der Waals surface area (Å²) in [6.45, 7) is 0. The van der Waals surface area contributed by atoms with Gasteiger partial charge in [-0.1, -0.05) is 25.3 Å². The van der Waals surface area contributed by atoms with Crippen LogP contribution in [-0.4, -0.2) is 16.9 Å². The van der Waals surface area contributed by atoms with Gasteiger partial charge in [-0.15, -0.1) is 11.8 Å². The highest BCUT2D eigenvalue weighted by molar-refractivity contribution is 14.1. The summed E-state index contributed by atoms with van der Waals surface area (Å²) in [6, 6.07) is 7.91. The molecule has 1 N–H and O–H groups in total. The minimum Gasteiger partial charge on any atom is -0.325 e. The van der Waals surface area contributed by atoms with Crippen LogP contribution in [0.3, 0.4) is 0 Å². The molecule has 0 radical (unpaired) electrons. The molecule has 0 atom stereocenters. The van der Waals surface area contributed by atoms with Crippen molar-refractivity contribution < 1.29 is 4.79 Å². The number of hydrogen-bond donors (Lipinski definition) is 1. The molecule has 0 spiro atoms. The molecular weight excluding hydrogens is 357 g/mol. The maximum absolute atomic E-state index is 11.8. The highest BCUT2D eigenvalue weighted by atomic mass is 127. The Labute approximate surface area is 126 Å². The topological polar surface area (TPSA) is 29.1 Å². The fourth-order valence-electron chi connectivity index (χ4n) is 2.19. The lowest BCUT2D eigenvalue weighted by Gasteiger charge is -2.20. The van der Waals surface area contributed by atoms with Gasteiger partial charge in [0.05, 0.1) is 5.75 Å². The number of nitrogens with one attached hydrogen (secondary N) is 1. The van der Waals surface area contributed by atoms with E-state index in [4.69, 9.17) is 0 Å². The zero-order valence-corrected chi connectivity index (χ0v) is 13.3. The van der Waals surface area contributed by atoms with E-state index in [2.05, 4.69) is 27.9 Å². The summed E-state index contributed by atoms with van der Waals surface area (Å²) < 4.78 is 1.14. The molecule has 1 aromatic rings. The number of rotatable bonds is 4. The molecule has 1 aliphatic rings. The Balaban J connectivity index is 1.74. The first-order valence-corrected chi connectivity index (χ1v) is 8.54. The van der Waals surface area contributed by atoms with Crippen LogP contribution in [0.5, 0.6) is 0 Å². The molecule has 0 aliphatic heterocycles. The van der Waals surface area contributed by atoms with Gasteiger partial charge in [0.1, 0.15) is 0 Å². The van der Waals surface area contributed by atoms with Gasteiger partial charge in [-0.25, -0.2) is 0 Å². The molecule has 0 saturated heterocycles. The average Bonchev–Trinajstić information content (AvgIpc) is 2.38. The average molecular weight is 375 g/mol. The standard InChI is InChI=1S/C14H18INOS/c15-11-5-4-6-12(9-11)16-14(17)10-18-13-7-2-1-3-8-13/h4-6,9,13H,1-3,7-8,10H2,(H,16,17). The molecule has 1 aliphatic carbocycles. The van der Waals surface area contributed by atoms with Gasteiger partial charge in [0.2, 0.25) is 5.91 Å². The summed E-state index contributed by atoms with van der Waals surface area (Å²) in [5.41, 5.74) is 0.899. The summed E-state index contributed by atoms with van der Waals surface area (Å²) >= 11 is 4.07. The van der Waals surface area contributed by atoms with Gasteiger partial charge >= 0.3 is 0 Å². The second-order valence-electron chi connectivity index (χ2n) is 4.63. The van der Waals surface area contributed by atoms with E-state index in [9.17, 15) is 4.79 Å². The fraction of sp³-hybridized carbons (Fsp3) is 0.500. The van der Waals surface area contributed by atoms with E-state index < -0.39 is 0 Å². The Bertz CT molecular complexity index is 405. The summed E-state index contributed by atoms with van der Waals surface area (Å²) in [5.74, 6) is 0.698. The lowest BCUT2D eigenvalue weighted by molar-refractivity contribution is -0.113. The van der Waals surface area contributed by atoms with Crippen molar-refractivity contribution in [1.29, 1.82) is 0 Å². The molecule has 4 heteroatoms. The maximum Gasteiger partial charge on any atom is 0.234 e. The third-order valence-corrected chi connectivity index (χ3v) is 5.15. The van der Waals surface area contributed by atoms with Crippen LogP contribution in [-0.2, 0) is 4.79 Å². The normalized spacial score (nSPS) is 16.5. The molecular formula is C14H18INOS. The smallest absolute Gasteiger partial charge is 0.234 e. The van der Waals surface area contributed by atoms with Crippen LogP contribution in [0, 0.1) is 3.57 Å². The minimum absolute atomic E-state index is 0.118. The Kier molecular flexibility index (Phi) is 5.82. The van der Waals surface area contributed by atoms with Gasteiger partial charge in [0.25, 0.3) is 0 Å². The Hall–Kier alpha value is -0.230. The number of anilines is 1. The maximum atomic E-state index is 11.8. The van der Waals surface area contributed by atoms with Gasteiger partial charge in [-0.3, -0.25) is 4.79 Å². The Morgan fingerprint density at radius 3 is 2.83 bits per heavy atom. The van der Waals surface area contributed by atoms with Crippen molar-refractivity contribution in [3.05, 3.63) is 27.8 Å². The van der Waals surface area contributed by atoms with Crippen molar-refractivity contribution in [2.24, 2.45) is 0 Å². The number of halogens is 1. The van der Waals surface area contributed by atoms with Gasteiger partial charge in [0.15, 0.2) is 0 Å². The summed E-state index contributed by atoms with van der Waals surface area (Å²) in [6.07, 6.45) is 6.58. The molecule has 1 aromatic carbocycles. The number of amides is 1. The quantitative estimate of drug-likeness (QED) is 0.796. The molecule has 0 heterocycles. The van der Waals surface area contributed by atoms with Gasteiger partial charge in [-0.05, 0) is 53.6 Å². The van der Waals surface area contributed by atoms with Crippen LogP contribution in [0.15, 0.2) is 24.3 Å². The zero-order valence-electron chi connectivity index (χ0n) is 10.3. The van der Waals surface area contributed by atoms with Crippen LogP contribution < -0.4 is 5.32 Å². The number of benzene rings is 1. The van der Waals surface area contributed by atoms with Crippen LogP contribution in [0.1, 0.15) is 32.1 Å². The zero-order chi connectivity index (χ0) is 12.8. The van der Waals surface area contributed by atoms with Gasteiger partial charge in [0, 0.05) is 14.5 Å². The van der Waals surface area contributed by atoms with Crippen molar-refractivity contribution in [1.82, 2.24) is 0 Å². The molecule has 98 valence electrons. The molecule has 1 amide bonds. The van der Waals surface area contributed by atoms with E-state index in [1.807, 2.05) is 36.0 Å². The Morgan fingerprint density at radius 1 is 1.33 bits per heavy atom. The van der Waals surface area contributed by atoms with E-state index in [1.54, 1.807) is 0 Å². The first-order chi connectivity index (χ1) is 8.74. The van der Waals surface area contributed by atoms with Crippen LogP contribution in [0.4, 0.5) is 5.69 Å². The first-order valence-electron chi connectivity index (χ1n) is 6.41. The number of hydrogen-bond acceptors (Lipinski definition) is 2. The van der Waals surface area contributed by atoms with E-state index in [0.717, 1.165) is 9.26 Å². The van der Waals surface area contributed by atoms with Crippen molar-refractivity contribution in [3.63, 3.8) is 0 Å². The highest BCUT2D eigenvalue weighted by Gasteiger charge is 2.15. The predicted octanol–water partition coefficient (Wildman–Crippen LogP) is 4.30. The first kappa shape index (κ1) is 14.2. The largest absolute Gasteiger partial charge is 0.325 e. The molecule has 1 saturated carbocycles. The van der Waals surface area contributed by atoms with Crippen molar-refractivity contribution in [2.75, 3.05) is 11.1 Å². The molecule has 0 bridgehead atoms. The minimum atomic E-state index is 0.118. The second-order valence-corrected chi connectivity index (χ2v) is 7.16. The molecule has 2 rings (SSSR count). The molecule has 0 aromatic heterocycles. The SMILES string of the molecule is O=C(CSC1CCCCC1)Nc1cccc(I)c1. The van der Waals surface area contributed by atoms with Gasteiger partial charge < -0.3 is 5.32 Å². The van der Waals surface area contributed by atoms with Crippen molar-refractivity contribution >= 4 is 45.9 Å². The van der Waals surface area contributed by atoms with E-state index in [-0.39, 0.29) is 5.91 Å². The molecule has 18 heavy (non-hydrogen) atoms. The number of thioether (sulfide) groups is 1. The van der Waals surface area contributed by atoms with E-state index in [0.29, 0.717) is 11.0 Å². The van der Waals surface area contributed by atoms with Crippen molar-refractivity contribution in [3.8, 4) is 0 Å². The number of carbonyl (C=O) groups is 1. The van der Waals surface area contributed by atoms with E-state index in [1.165, 1.54) is 32.1 Å². The monoisotopic (exact) mass is 375 g/mol. The van der Waals surface area contributed by atoms with E-state index >= 15 is 0 Å². The van der Waals surface area contributed by atoms with Crippen LogP contribution >= 0.6 is 34.4 Å². The highest BCUT2D eigenvalue weighted by Crippen LogP contribution is 2.28. The summed E-state index contributed by atoms with van der Waals surface area (Å²) in [7, 11) is 0. The molecule has 0 unspecified atom stereocenters. The summed E-state index contributed by atoms with van der Waals surface area (Å²) in [5, 5.41) is 3.65. The predicted molar refractivity (Wildman–Crippen MR) is 87.1 cm³/mol.